The molecule has 1 aromatic heterocycles. The van der Waals surface area contributed by atoms with E-state index >= 15 is 0 Å². The van der Waals surface area contributed by atoms with Crippen LogP contribution in [0.3, 0.4) is 0 Å². The van der Waals surface area contributed by atoms with Crippen LogP contribution >= 0.6 is 0 Å². The summed E-state index contributed by atoms with van der Waals surface area (Å²) < 4.78 is 39.6. The zero-order chi connectivity index (χ0) is 15.7. The van der Waals surface area contributed by atoms with E-state index in [1.807, 2.05) is 19.2 Å². The average Bonchev–Trinajstić information content (AvgIpc) is 2.77. The number of aromatic nitrogens is 2. The highest BCUT2D eigenvalue weighted by Gasteiger charge is 2.21. The van der Waals surface area contributed by atoms with Crippen molar-refractivity contribution in [2.24, 2.45) is 0 Å². The molecular formula is C13H13F3N4O. The zero-order valence-electron chi connectivity index (χ0n) is 11.3. The summed E-state index contributed by atoms with van der Waals surface area (Å²) in [6.07, 6.45) is 0. The number of carbonyl (C=O) groups excluding carboxylic acids is 1. The Morgan fingerprint density at radius 3 is 2.57 bits per heavy atom. The number of halogens is 3. The molecule has 0 spiro atoms. The lowest BCUT2D eigenvalue weighted by molar-refractivity contribution is 0.102. The molecule has 2 aromatic rings. The zero-order valence-corrected chi connectivity index (χ0v) is 11.3. The number of nitrogens with one attached hydrogen (secondary N) is 2. The molecule has 112 valence electrons. The van der Waals surface area contributed by atoms with E-state index in [2.05, 4.69) is 10.2 Å². The van der Waals surface area contributed by atoms with Gasteiger partial charge in [-0.15, -0.1) is 0 Å². The van der Waals surface area contributed by atoms with E-state index in [1.54, 1.807) is 0 Å². The largest absolute Gasteiger partial charge is 0.395 e. The number of aromatic amines is 1. The Hall–Kier alpha value is -2.51. The molecule has 1 heterocycles. The van der Waals surface area contributed by atoms with Gasteiger partial charge in [0.1, 0.15) is 5.82 Å². The highest BCUT2D eigenvalue weighted by Crippen LogP contribution is 2.24. The predicted molar refractivity (Wildman–Crippen MR) is 71.4 cm³/mol. The van der Waals surface area contributed by atoms with Crippen LogP contribution in [0.5, 0.6) is 0 Å². The third-order valence-corrected chi connectivity index (χ3v) is 2.87. The molecule has 0 saturated carbocycles. The van der Waals surface area contributed by atoms with Crippen LogP contribution < -0.4 is 11.1 Å². The Balaban J connectivity index is 2.31. The van der Waals surface area contributed by atoms with Crippen LogP contribution in [-0.2, 0) is 0 Å². The van der Waals surface area contributed by atoms with Gasteiger partial charge in [0, 0.05) is 12.1 Å². The predicted octanol–water partition coefficient (Wildman–Crippen LogP) is 2.78. The van der Waals surface area contributed by atoms with E-state index in [0.717, 1.165) is 0 Å². The standard InChI is InChI=1S/C13H13F3N4O/c1-5(2)11-10(17)12(20-19-11)13(21)18-8-4-6(14)3-7(15)9(8)16/h3-5H,17H2,1-2H3,(H,18,21)(H,19,20). The molecule has 0 aliphatic carbocycles. The first-order valence-electron chi connectivity index (χ1n) is 6.11. The van der Waals surface area contributed by atoms with E-state index in [-0.39, 0.29) is 17.3 Å². The van der Waals surface area contributed by atoms with Gasteiger partial charge in [0.2, 0.25) is 0 Å². The smallest absolute Gasteiger partial charge is 0.278 e. The van der Waals surface area contributed by atoms with Crippen LogP contribution in [0.2, 0.25) is 0 Å². The summed E-state index contributed by atoms with van der Waals surface area (Å²) >= 11 is 0. The van der Waals surface area contributed by atoms with E-state index in [4.69, 9.17) is 5.73 Å². The van der Waals surface area contributed by atoms with Gasteiger partial charge < -0.3 is 11.1 Å². The Labute approximate surface area is 118 Å². The Morgan fingerprint density at radius 1 is 1.33 bits per heavy atom. The minimum atomic E-state index is -1.40. The molecule has 0 aliphatic heterocycles. The Morgan fingerprint density at radius 2 is 2.00 bits per heavy atom. The first-order valence-corrected chi connectivity index (χ1v) is 6.11. The highest BCUT2D eigenvalue weighted by molar-refractivity contribution is 6.06. The number of nitrogens with two attached hydrogens (primary N) is 1. The second-order valence-corrected chi connectivity index (χ2v) is 4.76. The minimum Gasteiger partial charge on any atom is -0.395 e. The van der Waals surface area contributed by atoms with Gasteiger partial charge in [0.15, 0.2) is 17.3 Å². The highest BCUT2D eigenvalue weighted by atomic mass is 19.2. The van der Waals surface area contributed by atoms with Gasteiger partial charge in [0.25, 0.3) is 5.91 Å². The third-order valence-electron chi connectivity index (χ3n) is 2.87. The maximum Gasteiger partial charge on any atom is 0.278 e. The van der Waals surface area contributed by atoms with Crippen molar-refractivity contribution in [3.63, 3.8) is 0 Å². The van der Waals surface area contributed by atoms with Crippen molar-refractivity contribution in [3.8, 4) is 0 Å². The van der Waals surface area contributed by atoms with Gasteiger partial charge in [-0.05, 0) is 5.92 Å². The lowest BCUT2D eigenvalue weighted by atomic mass is 10.1. The quantitative estimate of drug-likeness (QED) is 0.762. The van der Waals surface area contributed by atoms with Crippen molar-refractivity contribution < 1.29 is 18.0 Å². The molecule has 8 heteroatoms. The summed E-state index contributed by atoms with van der Waals surface area (Å²) in [7, 11) is 0. The summed E-state index contributed by atoms with van der Waals surface area (Å²) in [6, 6.07) is 1.05. The van der Waals surface area contributed by atoms with Crippen molar-refractivity contribution in [1.29, 1.82) is 0 Å². The van der Waals surface area contributed by atoms with Gasteiger partial charge in [-0.1, -0.05) is 13.8 Å². The number of anilines is 2. The fourth-order valence-corrected chi connectivity index (χ4v) is 1.81. The number of nitrogens with zero attached hydrogens (tertiary/aromatic N) is 1. The van der Waals surface area contributed by atoms with Crippen LogP contribution in [0.4, 0.5) is 24.5 Å². The number of amides is 1. The third kappa shape index (κ3) is 2.83. The maximum absolute atomic E-state index is 13.5. The van der Waals surface area contributed by atoms with E-state index in [1.165, 1.54) is 0 Å². The summed E-state index contributed by atoms with van der Waals surface area (Å²) in [5.74, 6) is -4.63. The monoisotopic (exact) mass is 298 g/mol. The second-order valence-electron chi connectivity index (χ2n) is 4.76. The summed E-state index contributed by atoms with van der Waals surface area (Å²) in [5.41, 5.74) is 5.63. The number of nitrogen functional groups attached to an aromatic ring is 1. The van der Waals surface area contributed by atoms with Crippen LogP contribution in [-0.4, -0.2) is 16.1 Å². The Kier molecular flexibility index (Phi) is 3.88. The lowest BCUT2D eigenvalue weighted by Crippen LogP contribution is -2.16. The van der Waals surface area contributed by atoms with Crippen molar-refractivity contribution in [1.82, 2.24) is 10.2 Å². The average molecular weight is 298 g/mol. The lowest BCUT2D eigenvalue weighted by Gasteiger charge is -2.07. The molecule has 0 radical (unpaired) electrons. The molecule has 0 atom stereocenters. The number of H-pyrrole nitrogens is 1. The molecule has 1 aromatic carbocycles. The van der Waals surface area contributed by atoms with Gasteiger partial charge in [-0.25, -0.2) is 13.2 Å². The molecule has 0 unspecified atom stereocenters. The molecule has 0 fully saturated rings. The first kappa shape index (κ1) is 14.9. The van der Waals surface area contributed by atoms with Crippen molar-refractivity contribution in [2.45, 2.75) is 19.8 Å². The first-order chi connectivity index (χ1) is 9.81. The van der Waals surface area contributed by atoms with Crippen molar-refractivity contribution in [3.05, 3.63) is 41.0 Å². The van der Waals surface area contributed by atoms with Crippen LogP contribution in [0.15, 0.2) is 12.1 Å². The number of hydrogen-bond acceptors (Lipinski definition) is 3. The fourth-order valence-electron chi connectivity index (χ4n) is 1.81. The maximum atomic E-state index is 13.5. The summed E-state index contributed by atoms with van der Waals surface area (Å²) in [5, 5.41) is 8.38. The summed E-state index contributed by atoms with van der Waals surface area (Å²) in [6.45, 7) is 3.68. The number of rotatable bonds is 3. The van der Waals surface area contributed by atoms with E-state index in [9.17, 15) is 18.0 Å². The van der Waals surface area contributed by atoms with Crippen molar-refractivity contribution in [2.75, 3.05) is 11.1 Å². The molecular weight excluding hydrogens is 285 g/mol. The number of benzene rings is 1. The molecule has 0 saturated heterocycles. The molecule has 21 heavy (non-hydrogen) atoms. The second kappa shape index (κ2) is 5.47. The molecule has 0 bridgehead atoms. The molecule has 4 N–H and O–H groups in total. The van der Waals surface area contributed by atoms with Crippen LogP contribution in [0.1, 0.15) is 35.9 Å². The van der Waals surface area contributed by atoms with Gasteiger partial charge in [-0.2, -0.15) is 5.10 Å². The summed E-state index contributed by atoms with van der Waals surface area (Å²) in [4.78, 5) is 12.0. The SMILES string of the molecule is CC(C)c1[nH]nc(C(=O)Nc2cc(F)cc(F)c2F)c1N. The van der Waals surface area contributed by atoms with E-state index < -0.39 is 29.0 Å². The normalized spacial score (nSPS) is 11.0. The van der Waals surface area contributed by atoms with Gasteiger partial charge in [0.05, 0.1) is 17.1 Å². The number of hydrogen-bond donors (Lipinski definition) is 3. The topological polar surface area (TPSA) is 83.8 Å². The molecule has 5 nitrogen and oxygen atoms in total. The van der Waals surface area contributed by atoms with Gasteiger partial charge >= 0.3 is 0 Å². The van der Waals surface area contributed by atoms with E-state index in [0.29, 0.717) is 17.8 Å². The molecule has 0 aliphatic rings. The number of carbonyl (C=O) groups is 1. The van der Waals surface area contributed by atoms with Crippen molar-refractivity contribution >= 4 is 17.3 Å². The molecule has 1 amide bonds. The minimum absolute atomic E-state index is 0.00222. The Bertz CT molecular complexity index is 697. The van der Waals surface area contributed by atoms with Crippen LogP contribution in [0, 0.1) is 17.5 Å². The fraction of sp³-hybridized carbons (Fsp3) is 0.231. The molecule has 2 rings (SSSR count). The van der Waals surface area contributed by atoms with Gasteiger partial charge in [-0.3, -0.25) is 9.89 Å². The van der Waals surface area contributed by atoms with Crippen LogP contribution in [0.25, 0.3) is 0 Å².